The van der Waals surface area contributed by atoms with Gasteiger partial charge in [0.25, 0.3) is 0 Å². The van der Waals surface area contributed by atoms with Gasteiger partial charge in [0.15, 0.2) is 0 Å². The van der Waals surface area contributed by atoms with E-state index >= 15 is 0 Å². The summed E-state index contributed by atoms with van der Waals surface area (Å²) in [6, 6.07) is 12.6. The van der Waals surface area contributed by atoms with Gasteiger partial charge in [0.1, 0.15) is 5.82 Å². The van der Waals surface area contributed by atoms with Gasteiger partial charge in [-0.2, -0.15) is 0 Å². The molecule has 0 amide bonds. The molecule has 0 atom stereocenters. The van der Waals surface area contributed by atoms with E-state index < -0.39 is 0 Å². The summed E-state index contributed by atoms with van der Waals surface area (Å²) in [6.45, 7) is 0.465. The van der Waals surface area contributed by atoms with E-state index in [1.807, 2.05) is 24.3 Å². The molecule has 3 aromatic rings. The molecule has 90 valence electrons. The molecule has 18 heavy (non-hydrogen) atoms. The Hall–Kier alpha value is -2.36. The molecular formula is C14H12FN3. The summed E-state index contributed by atoms with van der Waals surface area (Å²) in [5.41, 5.74) is 3.48. The number of nitrogens with zero attached hydrogens (tertiary/aromatic N) is 1. The van der Waals surface area contributed by atoms with Crippen LogP contribution in [0, 0.1) is 5.82 Å². The minimum atomic E-state index is -0.187. The van der Waals surface area contributed by atoms with Crippen molar-refractivity contribution in [2.24, 2.45) is 0 Å². The molecule has 0 radical (unpaired) electrons. The lowest BCUT2D eigenvalue weighted by Crippen LogP contribution is -2.01. The largest absolute Gasteiger partial charge is 0.381 e. The van der Waals surface area contributed by atoms with Gasteiger partial charge in [-0.05, 0) is 24.3 Å². The van der Waals surface area contributed by atoms with Crippen LogP contribution in [0.5, 0.6) is 0 Å². The number of H-pyrrole nitrogens is 1. The molecule has 0 bridgehead atoms. The number of benzene rings is 2. The molecule has 0 saturated heterocycles. The predicted molar refractivity (Wildman–Crippen MR) is 69.8 cm³/mol. The highest BCUT2D eigenvalue weighted by molar-refractivity contribution is 5.78. The van der Waals surface area contributed by atoms with Crippen molar-refractivity contribution in [3.05, 3.63) is 60.2 Å². The molecule has 0 unspecified atom stereocenters. The Morgan fingerprint density at radius 2 is 2.06 bits per heavy atom. The normalized spacial score (nSPS) is 10.7. The number of halogens is 1. The third-order valence-electron chi connectivity index (χ3n) is 2.86. The third kappa shape index (κ3) is 2.05. The fourth-order valence-electron chi connectivity index (χ4n) is 1.88. The number of anilines is 1. The molecule has 1 aromatic heterocycles. The van der Waals surface area contributed by atoms with E-state index in [9.17, 15) is 4.39 Å². The number of rotatable bonds is 3. The number of aromatic nitrogens is 2. The molecule has 0 aliphatic heterocycles. The SMILES string of the molecule is Fc1ccccc1CNc1ccc2nc[nH]c2c1. The Kier molecular flexibility index (Phi) is 2.68. The van der Waals surface area contributed by atoms with Gasteiger partial charge in [0, 0.05) is 17.8 Å². The van der Waals surface area contributed by atoms with Crippen LogP contribution in [0.2, 0.25) is 0 Å². The van der Waals surface area contributed by atoms with Crippen LogP contribution in [0.1, 0.15) is 5.56 Å². The summed E-state index contributed by atoms with van der Waals surface area (Å²) < 4.78 is 13.4. The first-order chi connectivity index (χ1) is 8.83. The second-order valence-corrected chi connectivity index (χ2v) is 4.08. The lowest BCUT2D eigenvalue weighted by Gasteiger charge is -2.07. The van der Waals surface area contributed by atoms with E-state index in [4.69, 9.17) is 0 Å². The maximum absolute atomic E-state index is 13.4. The molecule has 2 N–H and O–H groups in total. The maximum Gasteiger partial charge on any atom is 0.128 e. The van der Waals surface area contributed by atoms with Crippen LogP contribution in [0.25, 0.3) is 11.0 Å². The minimum Gasteiger partial charge on any atom is -0.381 e. The molecule has 0 spiro atoms. The number of nitrogens with one attached hydrogen (secondary N) is 2. The average molecular weight is 241 g/mol. The van der Waals surface area contributed by atoms with Gasteiger partial charge in [0.05, 0.1) is 17.4 Å². The maximum atomic E-state index is 13.4. The quantitative estimate of drug-likeness (QED) is 0.738. The highest BCUT2D eigenvalue weighted by Gasteiger charge is 2.01. The fourth-order valence-corrected chi connectivity index (χ4v) is 1.88. The molecule has 3 rings (SSSR count). The summed E-state index contributed by atoms with van der Waals surface area (Å²) in [5.74, 6) is -0.187. The Morgan fingerprint density at radius 1 is 1.17 bits per heavy atom. The van der Waals surface area contributed by atoms with Gasteiger partial charge in [-0.3, -0.25) is 0 Å². The first-order valence-electron chi connectivity index (χ1n) is 5.73. The highest BCUT2D eigenvalue weighted by Crippen LogP contribution is 2.17. The van der Waals surface area contributed by atoms with Gasteiger partial charge in [-0.25, -0.2) is 9.37 Å². The van der Waals surface area contributed by atoms with Crippen LogP contribution < -0.4 is 5.32 Å². The molecule has 0 saturated carbocycles. The zero-order chi connectivity index (χ0) is 12.4. The standard InChI is InChI=1S/C14H12FN3/c15-12-4-2-1-3-10(12)8-16-11-5-6-13-14(7-11)18-9-17-13/h1-7,9,16H,8H2,(H,17,18). The van der Waals surface area contributed by atoms with Crippen LogP contribution in [0.4, 0.5) is 10.1 Å². The molecule has 3 nitrogen and oxygen atoms in total. The molecular weight excluding hydrogens is 229 g/mol. The van der Waals surface area contributed by atoms with Gasteiger partial charge in [-0.1, -0.05) is 18.2 Å². The number of fused-ring (bicyclic) bond motifs is 1. The minimum absolute atomic E-state index is 0.187. The Balaban J connectivity index is 1.78. The molecule has 0 aliphatic carbocycles. The summed E-state index contributed by atoms with van der Waals surface area (Å²) >= 11 is 0. The van der Waals surface area contributed by atoms with E-state index in [1.165, 1.54) is 6.07 Å². The first-order valence-corrected chi connectivity index (χ1v) is 5.73. The van der Waals surface area contributed by atoms with Crippen LogP contribution in [0.15, 0.2) is 48.8 Å². The van der Waals surface area contributed by atoms with Crippen LogP contribution >= 0.6 is 0 Å². The van der Waals surface area contributed by atoms with Crippen LogP contribution in [-0.2, 0) is 6.54 Å². The van der Waals surface area contributed by atoms with Crippen LogP contribution in [0.3, 0.4) is 0 Å². The molecule has 4 heteroatoms. The number of aromatic amines is 1. The Labute approximate surface area is 104 Å². The van der Waals surface area contributed by atoms with Gasteiger partial charge in [0.2, 0.25) is 0 Å². The second kappa shape index (κ2) is 4.49. The number of hydrogen-bond acceptors (Lipinski definition) is 2. The van der Waals surface area contributed by atoms with E-state index in [1.54, 1.807) is 18.5 Å². The summed E-state index contributed by atoms with van der Waals surface area (Å²) in [4.78, 5) is 7.19. The monoisotopic (exact) mass is 241 g/mol. The van der Waals surface area contributed by atoms with Crippen LogP contribution in [-0.4, -0.2) is 9.97 Å². The Morgan fingerprint density at radius 3 is 2.94 bits per heavy atom. The average Bonchev–Trinajstić information content (AvgIpc) is 2.85. The van der Waals surface area contributed by atoms with Crippen molar-refractivity contribution >= 4 is 16.7 Å². The predicted octanol–water partition coefficient (Wildman–Crippen LogP) is 3.31. The lowest BCUT2D eigenvalue weighted by atomic mass is 10.2. The van der Waals surface area contributed by atoms with Crippen molar-refractivity contribution in [3.8, 4) is 0 Å². The first kappa shape index (κ1) is 10.8. The van der Waals surface area contributed by atoms with Crippen molar-refractivity contribution in [1.82, 2.24) is 9.97 Å². The van der Waals surface area contributed by atoms with Crippen molar-refractivity contribution in [3.63, 3.8) is 0 Å². The third-order valence-corrected chi connectivity index (χ3v) is 2.86. The second-order valence-electron chi connectivity index (χ2n) is 4.08. The fraction of sp³-hybridized carbons (Fsp3) is 0.0714. The van der Waals surface area contributed by atoms with Crippen molar-refractivity contribution in [2.45, 2.75) is 6.54 Å². The molecule has 0 fully saturated rings. The number of imidazole rings is 1. The summed E-state index contributed by atoms with van der Waals surface area (Å²) in [5, 5.41) is 3.20. The van der Waals surface area contributed by atoms with Gasteiger partial charge in [-0.15, -0.1) is 0 Å². The molecule has 1 heterocycles. The van der Waals surface area contributed by atoms with Crippen molar-refractivity contribution in [1.29, 1.82) is 0 Å². The van der Waals surface area contributed by atoms with E-state index in [0.29, 0.717) is 12.1 Å². The topological polar surface area (TPSA) is 40.7 Å². The summed E-state index contributed by atoms with van der Waals surface area (Å²) in [7, 11) is 0. The van der Waals surface area contributed by atoms with E-state index in [0.717, 1.165) is 16.7 Å². The molecule has 2 aromatic carbocycles. The zero-order valence-electron chi connectivity index (χ0n) is 9.65. The summed E-state index contributed by atoms with van der Waals surface area (Å²) in [6.07, 6.45) is 1.66. The van der Waals surface area contributed by atoms with Crippen molar-refractivity contribution < 1.29 is 4.39 Å². The zero-order valence-corrected chi connectivity index (χ0v) is 9.65. The van der Waals surface area contributed by atoms with E-state index in [-0.39, 0.29) is 5.82 Å². The smallest absolute Gasteiger partial charge is 0.128 e. The van der Waals surface area contributed by atoms with Gasteiger partial charge < -0.3 is 10.3 Å². The molecule has 0 aliphatic rings. The van der Waals surface area contributed by atoms with E-state index in [2.05, 4.69) is 15.3 Å². The number of hydrogen-bond donors (Lipinski definition) is 2. The highest BCUT2D eigenvalue weighted by atomic mass is 19.1. The lowest BCUT2D eigenvalue weighted by molar-refractivity contribution is 0.613. The van der Waals surface area contributed by atoms with Gasteiger partial charge >= 0.3 is 0 Å². The Bertz CT molecular complexity index is 675. The van der Waals surface area contributed by atoms with Crippen molar-refractivity contribution in [2.75, 3.05) is 5.32 Å².